The Morgan fingerprint density at radius 2 is 2.50 bits per heavy atom. The molecule has 62 valence electrons. The average Bonchev–Trinajstić information content (AvgIpc) is 2.01. The molecule has 0 aromatic carbocycles. The zero-order valence-electron chi connectivity index (χ0n) is 6.12. The monoisotopic (exact) mass is 167 g/mol. The Morgan fingerprint density at radius 3 is 3.08 bits per heavy atom. The predicted octanol–water partition coefficient (Wildman–Crippen LogP) is -0.402. The normalized spacial score (nSPS) is 9.33. The van der Waals surface area contributed by atoms with Gasteiger partial charge in [0.1, 0.15) is 0 Å². The minimum Gasteiger partial charge on any atom is -0.381 e. The molecule has 0 amide bonds. The first-order valence-corrected chi connectivity index (χ1v) is 3.11. The quantitative estimate of drug-likeness (QED) is 0.579. The fourth-order valence-corrected chi connectivity index (χ4v) is 0.690. The second kappa shape index (κ2) is 3.05. The average molecular weight is 167 g/mol. The number of aromatic nitrogens is 2. The summed E-state index contributed by atoms with van der Waals surface area (Å²) in [4.78, 5) is 14.1. The van der Waals surface area contributed by atoms with Crippen LogP contribution >= 0.6 is 0 Å². The third kappa shape index (κ3) is 1.42. The van der Waals surface area contributed by atoms with Crippen LogP contribution in [0.4, 0.5) is 10.2 Å². The molecule has 0 radical (unpaired) electrons. The van der Waals surface area contributed by atoms with Crippen LogP contribution in [0.5, 0.6) is 0 Å². The lowest BCUT2D eigenvalue weighted by molar-refractivity contribution is 0.591. The number of halogens is 1. The lowest BCUT2D eigenvalue weighted by atomic mass is 10.5. The van der Waals surface area contributed by atoms with E-state index in [1.54, 1.807) is 0 Å². The zero-order chi connectivity index (χ0) is 9.14. The highest BCUT2D eigenvalue weighted by atomic mass is 19.1. The number of nitrogen functional groups attached to an aromatic ring is 1. The van der Waals surface area contributed by atoms with E-state index in [1.807, 2.05) is 0 Å². The molecule has 0 saturated heterocycles. The second-order valence-electron chi connectivity index (χ2n) is 2.09. The van der Waals surface area contributed by atoms with Gasteiger partial charge >= 0.3 is 5.69 Å². The van der Waals surface area contributed by atoms with Crippen LogP contribution < -0.4 is 11.4 Å². The van der Waals surface area contributed by atoms with Crippen molar-refractivity contribution in [3.63, 3.8) is 0 Å². The number of nitrogens with two attached hydrogens (primary N) is 1. The van der Waals surface area contributed by atoms with E-state index < -0.39 is 17.3 Å². The molecular weight excluding hydrogens is 161 g/mol. The summed E-state index contributed by atoms with van der Waals surface area (Å²) in [6.07, 6.45) is 5.86. The number of terminal acetylenes is 1. The summed E-state index contributed by atoms with van der Waals surface area (Å²) in [6.45, 7) is -0.0109. The highest BCUT2D eigenvalue weighted by Gasteiger charge is 2.02. The highest BCUT2D eigenvalue weighted by Crippen LogP contribution is 1.99. The SMILES string of the molecule is C#CCn1cc(F)c(N)nc1=O. The molecule has 4 nitrogen and oxygen atoms in total. The van der Waals surface area contributed by atoms with Crippen LogP contribution in [-0.4, -0.2) is 9.55 Å². The highest BCUT2D eigenvalue weighted by molar-refractivity contribution is 5.26. The summed E-state index contributed by atoms with van der Waals surface area (Å²) in [6, 6.07) is 0. The first-order valence-electron chi connectivity index (χ1n) is 3.11. The van der Waals surface area contributed by atoms with Crippen molar-refractivity contribution in [3.05, 3.63) is 22.5 Å². The van der Waals surface area contributed by atoms with Crippen molar-refractivity contribution in [2.24, 2.45) is 0 Å². The lowest BCUT2D eigenvalue weighted by Gasteiger charge is -2.00. The van der Waals surface area contributed by atoms with Gasteiger partial charge in [0.15, 0.2) is 11.6 Å². The van der Waals surface area contributed by atoms with Crippen molar-refractivity contribution in [2.45, 2.75) is 6.54 Å². The molecule has 1 heterocycles. The maximum atomic E-state index is 12.7. The molecule has 1 aromatic rings. The van der Waals surface area contributed by atoms with Gasteiger partial charge in [0, 0.05) is 6.20 Å². The Labute approximate surface area is 67.8 Å². The third-order valence-corrected chi connectivity index (χ3v) is 1.24. The minimum atomic E-state index is -0.746. The molecule has 5 heteroatoms. The second-order valence-corrected chi connectivity index (χ2v) is 2.09. The summed E-state index contributed by atoms with van der Waals surface area (Å²) in [5, 5.41) is 0. The summed E-state index contributed by atoms with van der Waals surface area (Å²) in [5.74, 6) is 1.03. The van der Waals surface area contributed by atoms with Crippen LogP contribution in [0.25, 0.3) is 0 Å². The van der Waals surface area contributed by atoms with E-state index in [9.17, 15) is 9.18 Å². The number of hydrogen-bond acceptors (Lipinski definition) is 3. The van der Waals surface area contributed by atoms with Crippen molar-refractivity contribution in [1.82, 2.24) is 9.55 Å². The van der Waals surface area contributed by atoms with Gasteiger partial charge in [-0.05, 0) is 0 Å². The van der Waals surface area contributed by atoms with E-state index in [0.29, 0.717) is 0 Å². The first kappa shape index (κ1) is 8.27. The topological polar surface area (TPSA) is 60.9 Å². The van der Waals surface area contributed by atoms with E-state index in [1.165, 1.54) is 0 Å². The molecule has 2 N–H and O–H groups in total. The molecule has 0 spiro atoms. The fourth-order valence-electron chi connectivity index (χ4n) is 0.690. The van der Waals surface area contributed by atoms with Crippen molar-refractivity contribution in [2.75, 3.05) is 5.73 Å². The number of rotatable bonds is 1. The largest absolute Gasteiger partial charge is 0.381 e. The Hall–Kier alpha value is -1.83. The Bertz CT molecular complexity index is 391. The standard InChI is InChI=1S/C7H6FN3O/c1-2-3-11-4-5(8)6(9)10-7(11)12/h1,4H,3H2,(H2,9,10,12). The van der Waals surface area contributed by atoms with Crippen LogP contribution in [0.15, 0.2) is 11.0 Å². The lowest BCUT2D eigenvalue weighted by Crippen LogP contribution is -2.24. The summed E-state index contributed by atoms with van der Waals surface area (Å²) < 4.78 is 13.6. The first-order chi connectivity index (χ1) is 5.65. The Morgan fingerprint density at radius 1 is 1.83 bits per heavy atom. The molecule has 0 atom stereocenters. The zero-order valence-corrected chi connectivity index (χ0v) is 6.12. The number of hydrogen-bond donors (Lipinski definition) is 1. The molecule has 1 aromatic heterocycles. The van der Waals surface area contributed by atoms with Gasteiger partial charge in [0.25, 0.3) is 0 Å². The van der Waals surface area contributed by atoms with Crippen molar-refractivity contribution in [1.29, 1.82) is 0 Å². The Kier molecular flexibility index (Phi) is 2.10. The van der Waals surface area contributed by atoms with Gasteiger partial charge in [-0.1, -0.05) is 5.92 Å². The van der Waals surface area contributed by atoms with E-state index in [-0.39, 0.29) is 6.54 Å². The molecule has 0 aliphatic carbocycles. The summed E-state index contributed by atoms with van der Waals surface area (Å²) in [5.41, 5.74) is 4.39. The van der Waals surface area contributed by atoms with E-state index in [0.717, 1.165) is 10.8 Å². The van der Waals surface area contributed by atoms with Gasteiger partial charge < -0.3 is 5.73 Å². The summed E-state index contributed by atoms with van der Waals surface area (Å²) in [7, 11) is 0. The molecule has 0 saturated carbocycles. The molecule has 0 aliphatic heterocycles. The Balaban J connectivity index is 3.26. The van der Waals surface area contributed by atoms with Crippen molar-refractivity contribution < 1.29 is 4.39 Å². The van der Waals surface area contributed by atoms with Crippen LogP contribution in [0.3, 0.4) is 0 Å². The predicted molar refractivity (Wildman–Crippen MR) is 41.7 cm³/mol. The molecule has 0 aliphatic rings. The molecular formula is C7H6FN3O. The maximum absolute atomic E-state index is 12.7. The van der Waals surface area contributed by atoms with Crippen LogP contribution in [0.2, 0.25) is 0 Å². The van der Waals surface area contributed by atoms with Gasteiger partial charge in [0.2, 0.25) is 0 Å². The van der Waals surface area contributed by atoms with Crippen molar-refractivity contribution >= 4 is 5.82 Å². The van der Waals surface area contributed by atoms with Crippen LogP contribution in [0, 0.1) is 18.2 Å². The van der Waals surface area contributed by atoms with Gasteiger partial charge in [-0.15, -0.1) is 6.42 Å². The van der Waals surface area contributed by atoms with Crippen LogP contribution in [-0.2, 0) is 6.54 Å². The molecule has 1 rings (SSSR count). The molecule has 0 fully saturated rings. The molecule has 12 heavy (non-hydrogen) atoms. The van der Waals surface area contributed by atoms with Crippen LogP contribution in [0.1, 0.15) is 0 Å². The van der Waals surface area contributed by atoms with E-state index in [4.69, 9.17) is 12.2 Å². The molecule has 0 bridgehead atoms. The van der Waals surface area contributed by atoms with E-state index in [2.05, 4.69) is 10.9 Å². The maximum Gasteiger partial charge on any atom is 0.350 e. The number of anilines is 1. The van der Waals surface area contributed by atoms with E-state index >= 15 is 0 Å². The smallest absolute Gasteiger partial charge is 0.350 e. The van der Waals surface area contributed by atoms with Gasteiger partial charge in [-0.2, -0.15) is 4.98 Å². The third-order valence-electron chi connectivity index (χ3n) is 1.24. The van der Waals surface area contributed by atoms with Gasteiger partial charge in [-0.3, -0.25) is 4.57 Å². The number of nitrogens with zero attached hydrogens (tertiary/aromatic N) is 2. The van der Waals surface area contributed by atoms with Gasteiger partial charge in [0.05, 0.1) is 6.54 Å². The van der Waals surface area contributed by atoms with Gasteiger partial charge in [-0.25, -0.2) is 9.18 Å². The molecule has 0 unspecified atom stereocenters. The summed E-state index contributed by atoms with van der Waals surface area (Å²) >= 11 is 0. The fraction of sp³-hybridized carbons (Fsp3) is 0.143. The minimum absolute atomic E-state index is 0.0109. The van der Waals surface area contributed by atoms with Crippen molar-refractivity contribution in [3.8, 4) is 12.3 Å².